The third kappa shape index (κ3) is 3.73. The molecular weight excluding hydrogens is 330 g/mol. The van der Waals surface area contributed by atoms with E-state index in [0.717, 1.165) is 5.56 Å². The van der Waals surface area contributed by atoms with Crippen LogP contribution in [0.4, 0.5) is 8.78 Å². The largest absolute Gasteiger partial charge is 0.435 e. The van der Waals surface area contributed by atoms with Gasteiger partial charge in [-0.05, 0) is 43.7 Å². The van der Waals surface area contributed by atoms with E-state index in [1.54, 1.807) is 41.8 Å². The highest BCUT2D eigenvalue weighted by atomic mass is 19.3. The highest BCUT2D eigenvalue weighted by Gasteiger charge is 2.13. The number of carbonyl (C=O) groups excluding carboxylic acids is 1. The second kappa shape index (κ2) is 6.84. The van der Waals surface area contributed by atoms with Crippen molar-refractivity contribution in [2.24, 2.45) is 0 Å². The number of alkyl halides is 2. The lowest BCUT2D eigenvalue weighted by molar-refractivity contribution is -0.0498. The summed E-state index contributed by atoms with van der Waals surface area (Å²) in [6.45, 7) is 0.746. The smallest absolute Gasteiger partial charge is 0.387 e. The number of hydrogen-bond donors (Lipinski definition) is 1. The minimum atomic E-state index is -2.86. The fourth-order valence-corrected chi connectivity index (χ4v) is 2.44. The fourth-order valence-electron chi connectivity index (χ4n) is 2.44. The number of benzene rings is 1. The van der Waals surface area contributed by atoms with Gasteiger partial charge in [-0.3, -0.25) is 9.20 Å². The molecule has 2 aromatic heterocycles. The molecule has 1 amide bonds. The first-order valence-corrected chi connectivity index (χ1v) is 7.61. The molecule has 0 aliphatic rings. The molecule has 3 rings (SSSR count). The number of ether oxygens (including phenoxy) is 1. The fraction of sp³-hybridized carbons (Fsp3) is 0.235. The predicted molar refractivity (Wildman–Crippen MR) is 86.7 cm³/mol. The van der Waals surface area contributed by atoms with E-state index in [2.05, 4.69) is 20.3 Å². The standard InChI is InChI=1S/C17H16F2N4O2/c1-10(12-3-6-14(7-4-12)25-17(18)19)20-16(24)13-5-8-15-22-21-11(2)23(15)9-13/h3-10,17H,1-2H3,(H,20,24). The molecular formula is C17H16F2N4O2. The van der Waals surface area contributed by atoms with E-state index in [0.29, 0.717) is 17.0 Å². The van der Waals surface area contributed by atoms with Gasteiger partial charge >= 0.3 is 6.61 Å². The van der Waals surface area contributed by atoms with Gasteiger partial charge in [0.1, 0.15) is 11.6 Å². The molecule has 8 heteroatoms. The van der Waals surface area contributed by atoms with Gasteiger partial charge in [0.15, 0.2) is 5.65 Å². The van der Waals surface area contributed by atoms with Gasteiger partial charge < -0.3 is 10.1 Å². The van der Waals surface area contributed by atoms with Gasteiger partial charge in [0.2, 0.25) is 0 Å². The van der Waals surface area contributed by atoms with Gasteiger partial charge in [-0.15, -0.1) is 10.2 Å². The van der Waals surface area contributed by atoms with Crippen molar-refractivity contribution in [2.75, 3.05) is 0 Å². The van der Waals surface area contributed by atoms with Crippen LogP contribution in [0.1, 0.15) is 34.7 Å². The Balaban J connectivity index is 1.71. The molecule has 2 heterocycles. The molecule has 0 aliphatic carbocycles. The number of aromatic nitrogens is 3. The predicted octanol–water partition coefficient (Wildman–Crippen LogP) is 3.13. The lowest BCUT2D eigenvalue weighted by Gasteiger charge is -2.15. The molecule has 0 spiro atoms. The number of aryl methyl sites for hydroxylation is 1. The summed E-state index contributed by atoms with van der Waals surface area (Å²) < 4.78 is 30.4. The third-order valence-electron chi connectivity index (χ3n) is 3.79. The van der Waals surface area contributed by atoms with Gasteiger partial charge in [0.25, 0.3) is 5.91 Å². The van der Waals surface area contributed by atoms with Crippen molar-refractivity contribution >= 4 is 11.6 Å². The zero-order valence-electron chi connectivity index (χ0n) is 13.6. The number of amides is 1. The van der Waals surface area contributed by atoms with Crippen LogP contribution in [-0.2, 0) is 0 Å². The molecule has 3 aromatic rings. The Morgan fingerprint density at radius 3 is 2.56 bits per heavy atom. The summed E-state index contributed by atoms with van der Waals surface area (Å²) in [5.41, 5.74) is 1.91. The van der Waals surface area contributed by atoms with Crippen LogP contribution in [-0.4, -0.2) is 27.1 Å². The Bertz CT molecular complexity index is 893. The number of carbonyl (C=O) groups is 1. The molecule has 0 aliphatic heterocycles. The number of hydrogen-bond acceptors (Lipinski definition) is 4. The summed E-state index contributed by atoms with van der Waals surface area (Å²) in [6.07, 6.45) is 1.67. The maximum absolute atomic E-state index is 12.4. The number of pyridine rings is 1. The van der Waals surface area contributed by atoms with Crippen molar-refractivity contribution in [3.63, 3.8) is 0 Å². The van der Waals surface area contributed by atoms with E-state index in [1.807, 2.05) is 6.92 Å². The van der Waals surface area contributed by atoms with Gasteiger partial charge in [0, 0.05) is 6.20 Å². The molecule has 130 valence electrons. The second-order valence-corrected chi connectivity index (χ2v) is 5.54. The number of rotatable bonds is 5. The number of halogens is 2. The second-order valence-electron chi connectivity index (χ2n) is 5.54. The molecule has 1 N–H and O–H groups in total. The average molecular weight is 346 g/mol. The molecule has 0 bridgehead atoms. The zero-order valence-corrected chi connectivity index (χ0v) is 13.6. The molecule has 1 unspecified atom stereocenters. The van der Waals surface area contributed by atoms with E-state index in [-0.39, 0.29) is 17.7 Å². The van der Waals surface area contributed by atoms with Crippen LogP contribution in [0.3, 0.4) is 0 Å². The molecule has 0 fully saturated rings. The van der Waals surface area contributed by atoms with E-state index in [9.17, 15) is 13.6 Å². The Kier molecular flexibility index (Phi) is 4.60. The maximum atomic E-state index is 12.4. The number of fused-ring (bicyclic) bond motifs is 1. The van der Waals surface area contributed by atoms with Crippen LogP contribution in [0.25, 0.3) is 5.65 Å². The normalized spacial score (nSPS) is 12.4. The van der Waals surface area contributed by atoms with Crippen molar-refractivity contribution < 1.29 is 18.3 Å². The van der Waals surface area contributed by atoms with Crippen LogP contribution >= 0.6 is 0 Å². The number of nitrogens with zero attached hydrogens (tertiary/aromatic N) is 3. The summed E-state index contributed by atoms with van der Waals surface area (Å²) in [4.78, 5) is 12.4. The maximum Gasteiger partial charge on any atom is 0.387 e. The zero-order chi connectivity index (χ0) is 18.0. The van der Waals surface area contributed by atoms with Crippen molar-refractivity contribution in [3.8, 4) is 5.75 Å². The Labute approximate surface area is 142 Å². The molecule has 1 aromatic carbocycles. The lowest BCUT2D eigenvalue weighted by Crippen LogP contribution is -2.26. The van der Waals surface area contributed by atoms with Crippen LogP contribution in [0.15, 0.2) is 42.6 Å². The van der Waals surface area contributed by atoms with Gasteiger partial charge in [-0.25, -0.2) is 0 Å². The molecule has 1 atom stereocenters. The Morgan fingerprint density at radius 2 is 1.88 bits per heavy atom. The summed E-state index contributed by atoms with van der Waals surface area (Å²) in [7, 11) is 0. The highest BCUT2D eigenvalue weighted by Crippen LogP contribution is 2.19. The van der Waals surface area contributed by atoms with Crippen LogP contribution in [0, 0.1) is 6.92 Å². The van der Waals surface area contributed by atoms with Gasteiger partial charge in [0.05, 0.1) is 11.6 Å². The average Bonchev–Trinajstić information content (AvgIpc) is 2.95. The Hall–Kier alpha value is -3.03. The SMILES string of the molecule is Cc1nnc2ccc(C(=O)NC(C)c3ccc(OC(F)F)cc3)cn12. The molecule has 6 nitrogen and oxygen atoms in total. The van der Waals surface area contributed by atoms with E-state index < -0.39 is 6.61 Å². The third-order valence-corrected chi connectivity index (χ3v) is 3.79. The summed E-state index contributed by atoms with van der Waals surface area (Å²) in [5, 5.41) is 10.8. The molecule has 0 radical (unpaired) electrons. The Morgan fingerprint density at radius 1 is 1.16 bits per heavy atom. The summed E-state index contributed by atoms with van der Waals surface area (Å²) in [6, 6.07) is 9.24. The summed E-state index contributed by atoms with van der Waals surface area (Å²) >= 11 is 0. The topological polar surface area (TPSA) is 68.5 Å². The quantitative estimate of drug-likeness (QED) is 0.771. The first-order valence-electron chi connectivity index (χ1n) is 7.61. The molecule has 0 saturated heterocycles. The first-order chi connectivity index (χ1) is 11.9. The monoisotopic (exact) mass is 346 g/mol. The number of nitrogens with one attached hydrogen (secondary N) is 1. The highest BCUT2D eigenvalue weighted by molar-refractivity contribution is 5.94. The van der Waals surface area contributed by atoms with E-state index in [1.165, 1.54) is 12.1 Å². The molecule has 25 heavy (non-hydrogen) atoms. The first kappa shape index (κ1) is 16.8. The van der Waals surface area contributed by atoms with Gasteiger partial charge in [-0.1, -0.05) is 12.1 Å². The minimum absolute atomic E-state index is 0.0748. The van der Waals surface area contributed by atoms with Crippen molar-refractivity contribution in [2.45, 2.75) is 26.5 Å². The van der Waals surface area contributed by atoms with E-state index >= 15 is 0 Å². The van der Waals surface area contributed by atoms with Crippen molar-refractivity contribution in [3.05, 3.63) is 59.5 Å². The van der Waals surface area contributed by atoms with Crippen molar-refractivity contribution in [1.29, 1.82) is 0 Å². The summed E-state index contributed by atoms with van der Waals surface area (Å²) in [5.74, 6) is 0.508. The van der Waals surface area contributed by atoms with Crippen LogP contribution in [0.2, 0.25) is 0 Å². The lowest BCUT2D eigenvalue weighted by atomic mass is 10.1. The molecule has 0 saturated carbocycles. The van der Waals surface area contributed by atoms with E-state index in [4.69, 9.17) is 0 Å². The van der Waals surface area contributed by atoms with Crippen molar-refractivity contribution in [1.82, 2.24) is 19.9 Å². The van der Waals surface area contributed by atoms with Crippen LogP contribution in [0.5, 0.6) is 5.75 Å². The van der Waals surface area contributed by atoms with Crippen LogP contribution < -0.4 is 10.1 Å². The van der Waals surface area contributed by atoms with Gasteiger partial charge in [-0.2, -0.15) is 8.78 Å². The minimum Gasteiger partial charge on any atom is -0.435 e.